The molecule has 92 valence electrons. The first-order chi connectivity index (χ1) is 8.26. The van der Waals surface area contributed by atoms with Crippen molar-refractivity contribution in [3.8, 4) is 0 Å². The van der Waals surface area contributed by atoms with Gasteiger partial charge in [-0.3, -0.25) is 9.69 Å². The number of carbonyl (C=O) groups excluding carboxylic acids is 1. The summed E-state index contributed by atoms with van der Waals surface area (Å²) in [6.45, 7) is 3.82. The van der Waals surface area contributed by atoms with E-state index in [4.69, 9.17) is 4.74 Å². The monoisotopic (exact) mass is 233 g/mol. The molecule has 0 aromatic heterocycles. The van der Waals surface area contributed by atoms with Gasteiger partial charge in [-0.15, -0.1) is 0 Å². The Bertz CT molecular complexity index is 403. The van der Waals surface area contributed by atoms with Crippen LogP contribution in [0.5, 0.6) is 0 Å². The fourth-order valence-electron chi connectivity index (χ4n) is 2.49. The smallest absolute Gasteiger partial charge is 0.323 e. The molecule has 1 atom stereocenters. The van der Waals surface area contributed by atoms with Gasteiger partial charge in [-0.25, -0.2) is 0 Å². The lowest BCUT2D eigenvalue weighted by Gasteiger charge is -2.33. The number of benzene rings is 1. The van der Waals surface area contributed by atoms with Crippen LogP contribution in [0.4, 0.5) is 0 Å². The third kappa shape index (κ3) is 2.50. The van der Waals surface area contributed by atoms with Crippen LogP contribution in [-0.2, 0) is 22.5 Å². The zero-order chi connectivity index (χ0) is 12.3. The van der Waals surface area contributed by atoms with Gasteiger partial charge in [0.2, 0.25) is 0 Å². The molecule has 0 saturated carbocycles. The summed E-state index contributed by atoms with van der Waals surface area (Å²) in [7, 11) is 1.46. The van der Waals surface area contributed by atoms with Gasteiger partial charge in [0.25, 0.3) is 0 Å². The van der Waals surface area contributed by atoms with Crippen molar-refractivity contribution in [1.82, 2.24) is 4.90 Å². The Labute approximate surface area is 102 Å². The van der Waals surface area contributed by atoms with Gasteiger partial charge < -0.3 is 4.74 Å². The van der Waals surface area contributed by atoms with Gasteiger partial charge >= 0.3 is 5.97 Å². The molecule has 1 aliphatic heterocycles. The van der Waals surface area contributed by atoms with Crippen molar-refractivity contribution in [2.75, 3.05) is 13.7 Å². The first kappa shape index (κ1) is 12.1. The second-order valence-electron chi connectivity index (χ2n) is 4.44. The highest BCUT2D eigenvalue weighted by Gasteiger charge is 2.27. The Morgan fingerprint density at radius 2 is 2.12 bits per heavy atom. The molecular formula is C14H19NO2. The highest BCUT2D eigenvalue weighted by atomic mass is 16.5. The van der Waals surface area contributed by atoms with Crippen LogP contribution in [0.1, 0.15) is 24.5 Å². The fraction of sp³-hybridized carbons (Fsp3) is 0.500. The number of hydrogen-bond acceptors (Lipinski definition) is 3. The van der Waals surface area contributed by atoms with E-state index in [-0.39, 0.29) is 12.0 Å². The molecule has 0 N–H and O–H groups in total. The van der Waals surface area contributed by atoms with Crippen molar-refractivity contribution >= 4 is 5.97 Å². The molecule has 1 aromatic carbocycles. The third-order valence-electron chi connectivity index (χ3n) is 3.46. The van der Waals surface area contributed by atoms with Gasteiger partial charge in [-0.2, -0.15) is 0 Å². The molecule has 3 nitrogen and oxygen atoms in total. The van der Waals surface area contributed by atoms with Crippen LogP contribution >= 0.6 is 0 Å². The van der Waals surface area contributed by atoms with Crippen molar-refractivity contribution in [3.05, 3.63) is 35.4 Å². The average molecular weight is 233 g/mol. The van der Waals surface area contributed by atoms with Gasteiger partial charge in [0, 0.05) is 13.1 Å². The first-order valence-electron chi connectivity index (χ1n) is 6.15. The lowest BCUT2D eigenvalue weighted by Crippen LogP contribution is -2.44. The number of hydrogen-bond donors (Lipinski definition) is 0. The maximum Gasteiger partial charge on any atom is 0.323 e. The maximum absolute atomic E-state index is 11.7. The van der Waals surface area contributed by atoms with E-state index in [1.807, 2.05) is 6.92 Å². The number of methoxy groups -OCH3 is 1. The lowest BCUT2D eigenvalue weighted by atomic mass is 9.98. The Morgan fingerprint density at radius 3 is 2.76 bits per heavy atom. The summed E-state index contributed by atoms with van der Waals surface area (Å²) in [6, 6.07) is 8.35. The molecule has 0 spiro atoms. The van der Waals surface area contributed by atoms with E-state index in [0.29, 0.717) is 0 Å². The number of esters is 1. The van der Waals surface area contributed by atoms with Crippen LogP contribution in [0, 0.1) is 0 Å². The van der Waals surface area contributed by atoms with Gasteiger partial charge in [0.15, 0.2) is 0 Å². The largest absolute Gasteiger partial charge is 0.468 e. The van der Waals surface area contributed by atoms with Crippen LogP contribution < -0.4 is 0 Å². The summed E-state index contributed by atoms with van der Waals surface area (Å²) in [5.74, 6) is -0.119. The molecule has 0 saturated heterocycles. The van der Waals surface area contributed by atoms with Crippen LogP contribution in [0.15, 0.2) is 24.3 Å². The number of nitrogens with zero attached hydrogens (tertiary/aromatic N) is 1. The summed E-state index contributed by atoms with van der Waals surface area (Å²) in [6.07, 6.45) is 1.82. The van der Waals surface area contributed by atoms with Crippen LogP contribution in [-0.4, -0.2) is 30.6 Å². The predicted octanol–water partition coefficient (Wildman–Crippen LogP) is 2.00. The number of fused-ring (bicyclic) bond motifs is 1. The molecule has 1 heterocycles. The normalized spacial score (nSPS) is 17.3. The Balaban J connectivity index is 2.13. The molecule has 2 rings (SSSR count). The second kappa shape index (κ2) is 5.32. The van der Waals surface area contributed by atoms with Gasteiger partial charge in [0.05, 0.1) is 7.11 Å². The standard InChI is InChI=1S/C14H19NO2/c1-3-13(14(16)17-2)15-9-8-11-6-4-5-7-12(11)10-15/h4-7,13H,3,8-10H2,1-2H3/t13-/m0/s1. The predicted molar refractivity (Wildman–Crippen MR) is 66.7 cm³/mol. The molecule has 0 bridgehead atoms. The Kier molecular flexibility index (Phi) is 3.79. The summed E-state index contributed by atoms with van der Waals surface area (Å²) in [4.78, 5) is 13.9. The zero-order valence-corrected chi connectivity index (χ0v) is 10.5. The highest BCUT2D eigenvalue weighted by Crippen LogP contribution is 2.21. The quantitative estimate of drug-likeness (QED) is 0.748. The molecule has 1 aliphatic rings. The molecule has 0 unspecified atom stereocenters. The SMILES string of the molecule is CC[C@@H](C(=O)OC)N1CCc2ccccc2C1. The zero-order valence-electron chi connectivity index (χ0n) is 10.5. The summed E-state index contributed by atoms with van der Waals surface area (Å²) < 4.78 is 4.86. The molecule has 0 radical (unpaired) electrons. The van der Waals surface area contributed by atoms with E-state index in [2.05, 4.69) is 29.2 Å². The fourth-order valence-corrected chi connectivity index (χ4v) is 2.49. The number of rotatable bonds is 3. The number of ether oxygens (including phenoxy) is 1. The van der Waals surface area contributed by atoms with Crippen molar-refractivity contribution < 1.29 is 9.53 Å². The van der Waals surface area contributed by atoms with E-state index in [0.717, 1.165) is 25.9 Å². The molecule has 0 aliphatic carbocycles. The topological polar surface area (TPSA) is 29.5 Å². The van der Waals surface area contributed by atoms with E-state index < -0.39 is 0 Å². The lowest BCUT2D eigenvalue weighted by molar-refractivity contribution is -0.147. The minimum atomic E-state index is -0.119. The van der Waals surface area contributed by atoms with Gasteiger partial charge in [-0.05, 0) is 24.0 Å². The van der Waals surface area contributed by atoms with E-state index in [1.54, 1.807) is 0 Å². The minimum absolute atomic E-state index is 0.103. The van der Waals surface area contributed by atoms with Crippen molar-refractivity contribution in [1.29, 1.82) is 0 Å². The van der Waals surface area contributed by atoms with Crippen molar-refractivity contribution in [3.63, 3.8) is 0 Å². The summed E-state index contributed by atoms with van der Waals surface area (Å²) in [5, 5.41) is 0. The molecular weight excluding hydrogens is 214 g/mol. The van der Waals surface area contributed by atoms with Crippen LogP contribution in [0.25, 0.3) is 0 Å². The van der Waals surface area contributed by atoms with Crippen LogP contribution in [0.3, 0.4) is 0 Å². The molecule has 0 amide bonds. The Hall–Kier alpha value is -1.35. The molecule has 17 heavy (non-hydrogen) atoms. The molecule has 0 fully saturated rings. The first-order valence-corrected chi connectivity index (χ1v) is 6.15. The second-order valence-corrected chi connectivity index (χ2v) is 4.44. The average Bonchev–Trinajstić information content (AvgIpc) is 2.39. The van der Waals surface area contributed by atoms with E-state index in [1.165, 1.54) is 18.2 Å². The summed E-state index contributed by atoms with van der Waals surface area (Å²) >= 11 is 0. The third-order valence-corrected chi connectivity index (χ3v) is 3.46. The molecule has 3 heteroatoms. The molecule has 1 aromatic rings. The van der Waals surface area contributed by atoms with Crippen molar-refractivity contribution in [2.24, 2.45) is 0 Å². The Morgan fingerprint density at radius 1 is 1.41 bits per heavy atom. The van der Waals surface area contributed by atoms with Crippen LogP contribution in [0.2, 0.25) is 0 Å². The summed E-state index contributed by atoms with van der Waals surface area (Å²) in [5.41, 5.74) is 2.74. The minimum Gasteiger partial charge on any atom is -0.468 e. The van der Waals surface area contributed by atoms with E-state index in [9.17, 15) is 4.79 Å². The van der Waals surface area contributed by atoms with Gasteiger partial charge in [0.1, 0.15) is 6.04 Å². The van der Waals surface area contributed by atoms with Crippen molar-refractivity contribution in [2.45, 2.75) is 32.4 Å². The van der Waals surface area contributed by atoms with Gasteiger partial charge in [-0.1, -0.05) is 31.2 Å². The number of carbonyl (C=O) groups is 1. The maximum atomic E-state index is 11.7. The highest BCUT2D eigenvalue weighted by molar-refractivity contribution is 5.75. The van der Waals surface area contributed by atoms with E-state index >= 15 is 0 Å².